The molecule has 1 unspecified atom stereocenters. The van der Waals surface area contributed by atoms with Gasteiger partial charge in [0.15, 0.2) is 0 Å². The zero-order valence-corrected chi connectivity index (χ0v) is 12.3. The van der Waals surface area contributed by atoms with Gasteiger partial charge in [-0.3, -0.25) is 9.59 Å². The zero-order valence-electron chi connectivity index (χ0n) is 12.3. The van der Waals surface area contributed by atoms with Gasteiger partial charge in [0.1, 0.15) is 0 Å². The molecule has 0 bridgehead atoms. The zero-order chi connectivity index (χ0) is 15.2. The highest BCUT2D eigenvalue weighted by atomic mass is 16.2. The van der Waals surface area contributed by atoms with Crippen LogP contribution in [0.25, 0.3) is 0 Å². The molecule has 0 spiro atoms. The molecule has 0 saturated carbocycles. The molecular formula is C15H23N3O2. The van der Waals surface area contributed by atoms with Crippen molar-refractivity contribution >= 4 is 17.5 Å². The molecule has 20 heavy (non-hydrogen) atoms. The van der Waals surface area contributed by atoms with E-state index in [2.05, 4.69) is 10.6 Å². The largest absolute Gasteiger partial charge is 0.359 e. The molecule has 1 rings (SSSR count). The second-order valence-corrected chi connectivity index (χ2v) is 5.08. The van der Waals surface area contributed by atoms with Gasteiger partial charge in [-0.25, -0.2) is 0 Å². The smallest absolute Gasteiger partial charge is 0.231 e. The molecule has 4 N–H and O–H groups in total. The summed E-state index contributed by atoms with van der Waals surface area (Å²) in [4.78, 5) is 23.8. The number of para-hydroxylation sites is 1. The number of nitrogens with one attached hydrogen (secondary N) is 2. The van der Waals surface area contributed by atoms with Gasteiger partial charge < -0.3 is 16.4 Å². The number of amides is 2. The van der Waals surface area contributed by atoms with Crippen molar-refractivity contribution in [3.05, 3.63) is 29.8 Å². The fourth-order valence-electron chi connectivity index (χ4n) is 1.73. The molecule has 1 aromatic rings. The first-order valence-corrected chi connectivity index (χ1v) is 6.77. The Balaban J connectivity index is 2.92. The van der Waals surface area contributed by atoms with Gasteiger partial charge in [0.2, 0.25) is 11.8 Å². The molecule has 5 heteroatoms. The van der Waals surface area contributed by atoms with Crippen LogP contribution in [-0.4, -0.2) is 25.4 Å². The Bertz CT molecular complexity index is 482. The number of rotatable bonds is 6. The van der Waals surface area contributed by atoms with E-state index in [4.69, 9.17) is 5.73 Å². The van der Waals surface area contributed by atoms with E-state index in [1.807, 2.05) is 32.0 Å². The van der Waals surface area contributed by atoms with Crippen LogP contribution in [0, 0.1) is 5.41 Å². The number of nitrogens with two attached hydrogens (primary N) is 1. The highest BCUT2D eigenvalue weighted by molar-refractivity contribution is 5.96. The lowest BCUT2D eigenvalue weighted by Gasteiger charge is -2.25. The van der Waals surface area contributed by atoms with E-state index in [1.165, 1.54) is 0 Å². The van der Waals surface area contributed by atoms with Crippen molar-refractivity contribution < 1.29 is 9.59 Å². The Morgan fingerprint density at radius 2 is 1.95 bits per heavy atom. The van der Waals surface area contributed by atoms with Crippen LogP contribution < -0.4 is 16.4 Å². The summed E-state index contributed by atoms with van der Waals surface area (Å²) in [6, 6.07) is 7.30. The van der Waals surface area contributed by atoms with Crippen molar-refractivity contribution in [2.24, 2.45) is 11.1 Å². The third-order valence-corrected chi connectivity index (χ3v) is 3.67. The number of benzene rings is 1. The van der Waals surface area contributed by atoms with Crippen LogP contribution in [0.15, 0.2) is 24.3 Å². The van der Waals surface area contributed by atoms with E-state index < -0.39 is 5.41 Å². The van der Waals surface area contributed by atoms with Gasteiger partial charge in [-0.1, -0.05) is 25.1 Å². The second-order valence-electron chi connectivity index (χ2n) is 5.08. The molecule has 0 aliphatic rings. The van der Waals surface area contributed by atoms with E-state index in [1.54, 1.807) is 13.1 Å². The van der Waals surface area contributed by atoms with Crippen molar-refractivity contribution in [1.29, 1.82) is 0 Å². The van der Waals surface area contributed by atoms with Gasteiger partial charge in [-0.05, 0) is 25.0 Å². The maximum Gasteiger partial charge on any atom is 0.231 e. The third kappa shape index (κ3) is 3.81. The Kier molecular flexibility index (Phi) is 5.70. The Labute approximate surface area is 119 Å². The maximum absolute atomic E-state index is 12.3. The topological polar surface area (TPSA) is 84.2 Å². The summed E-state index contributed by atoms with van der Waals surface area (Å²) < 4.78 is 0. The molecule has 2 amide bonds. The van der Waals surface area contributed by atoms with Gasteiger partial charge in [0.25, 0.3) is 0 Å². The predicted molar refractivity (Wildman–Crippen MR) is 80.3 cm³/mol. The second kappa shape index (κ2) is 7.05. The number of anilines is 1. The molecule has 0 aromatic heterocycles. The Morgan fingerprint density at radius 3 is 2.50 bits per heavy atom. The van der Waals surface area contributed by atoms with Gasteiger partial charge in [-0.15, -0.1) is 0 Å². The van der Waals surface area contributed by atoms with E-state index in [9.17, 15) is 9.59 Å². The highest BCUT2D eigenvalue weighted by Gasteiger charge is 2.30. The van der Waals surface area contributed by atoms with Crippen LogP contribution in [0.4, 0.5) is 5.69 Å². The first kappa shape index (κ1) is 16.2. The fourth-order valence-corrected chi connectivity index (χ4v) is 1.73. The van der Waals surface area contributed by atoms with Gasteiger partial charge >= 0.3 is 0 Å². The molecule has 0 fully saturated rings. The summed E-state index contributed by atoms with van der Waals surface area (Å²) in [5, 5.41) is 5.46. The van der Waals surface area contributed by atoms with Crippen molar-refractivity contribution in [3.8, 4) is 0 Å². The summed E-state index contributed by atoms with van der Waals surface area (Å²) in [5.41, 5.74) is 6.54. The summed E-state index contributed by atoms with van der Waals surface area (Å²) in [6.45, 7) is 4.06. The lowest BCUT2D eigenvalue weighted by atomic mass is 9.86. The SMILES string of the molecule is CCC(C)(CN)C(=O)Nc1ccccc1CC(=O)NC. The molecule has 110 valence electrons. The van der Waals surface area contributed by atoms with E-state index in [0.29, 0.717) is 12.1 Å². The first-order chi connectivity index (χ1) is 9.46. The van der Waals surface area contributed by atoms with Gasteiger partial charge in [0.05, 0.1) is 11.8 Å². The van der Waals surface area contributed by atoms with Crippen LogP contribution >= 0.6 is 0 Å². The molecule has 0 aliphatic carbocycles. The first-order valence-electron chi connectivity index (χ1n) is 6.77. The number of hydrogen-bond donors (Lipinski definition) is 3. The van der Waals surface area contributed by atoms with Crippen molar-refractivity contribution in [1.82, 2.24) is 5.32 Å². The lowest BCUT2D eigenvalue weighted by molar-refractivity contribution is -0.124. The van der Waals surface area contributed by atoms with Crippen LogP contribution in [0.1, 0.15) is 25.8 Å². The summed E-state index contributed by atoms with van der Waals surface area (Å²) in [7, 11) is 1.59. The molecule has 1 aromatic carbocycles. The summed E-state index contributed by atoms with van der Waals surface area (Å²) in [6.07, 6.45) is 0.894. The standard InChI is InChI=1S/C15H23N3O2/c1-4-15(2,10-16)14(20)18-12-8-6-5-7-11(12)9-13(19)17-3/h5-8H,4,9-10,16H2,1-3H3,(H,17,19)(H,18,20). The highest BCUT2D eigenvalue weighted by Crippen LogP contribution is 2.23. The van der Waals surface area contributed by atoms with E-state index in [0.717, 1.165) is 5.56 Å². The minimum Gasteiger partial charge on any atom is -0.359 e. The van der Waals surface area contributed by atoms with E-state index >= 15 is 0 Å². The molecule has 0 heterocycles. The quantitative estimate of drug-likeness (QED) is 0.732. The Hall–Kier alpha value is -1.88. The van der Waals surface area contributed by atoms with Crippen molar-refractivity contribution in [3.63, 3.8) is 0 Å². The molecule has 0 aliphatic heterocycles. The molecule has 0 radical (unpaired) electrons. The minimum atomic E-state index is -0.597. The molecular weight excluding hydrogens is 254 g/mol. The average molecular weight is 277 g/mol. The molecule has 0 saturated heterocycles. The molecule has 1 atom stereocenters. The molecule has 5 nitrogen and oxygen atoms in total. The van der Waals surface area contributed by atoms with Crippen LogP contribution in [0.5, 0.6) is 0 Å². The lowest BCUT2D eigenvalue weighted by Crippen LogP contribution is -2.39. The van der Waals surface area contributed by atoms with Gasteiger partial charge in [-0.2, -0.15) is 0 Å². The minimum absolute atomic E-state index is 0.0937. The Morgan fingerprint density at radius 1 is 1.30 bits per heavy atom. The fraction of sp³-hybridized carbons (Fsp3) is 0.467. The third-order valence-electron chi connectivity index (χ3n) is 3.67. The van der Waals surface area contributed by atoms with Crippen molar-refractivity contribution in [2.45, 2.75) is 26.7 Å². The number of carbonyl (C=O) groups excluding carboxylic acids is 2. The summed E-state index contributed by atoms with van der Waals surface area (Å²) in [5.74, 6) is -0.212. The van der Waals surface area contributed by atoms with E-state index in [-0.39, 0.29) is 24.8 Å². The van der Waals surface area contributed by atoms with Gasteiger partial charge in [0, 0.05) is 19.3 Å². The normalized spacial score (nSPS) is 13.4. The maximum atomic E-state index is 12.3. The average Bonchev–Trinajstić information content (AvgIpc) is 2.48. The predicted octanol–water partition coefficient (Wildman–Crippen LogP) is 1.29. The number of likely N-dealkylation sites (N-methyl/N-ethyl adjacent to an activating group) is 1. The van der Waals surface area contributed by atoms with Crippen LogP contribution in [0.3, 0.4) is 0 Å². The summed E-state index contributed by atoms with van der Waals surface area (Å²) >= 11 is 0. The number of carbonyl (C=O) groups is 2. The van der Waals surface area contributed by atoms with Crippen molar-refractivity contribution in [2.75, 3.05) is 18.9 Å². The monoisotopic (exact) mass is 277 g/mol. The number of hydrogen-bond acceptors (Lipinski definition) is 3. The van der Waals surface area contributed by atoms with Crippen LogP contribution in [-0.2, 0) is 16.0 Å². The van der Waals surface area contributed by atoms with Crippen LogP contribution in [0.2, 0.25) is 0 Å².